The highest BCUT2D eigenvalue weighted by atomic mass is 16.2. The summed E-state index contributed by atoms with van der Waals surface area (Å²) in [6, 6.07) is 19.0. The molecule has 1 aliphatic rings. The highest BCUT2D eigenvalue weighted by Crippen LogP contribution is 2.21. The molecule has 0 saturated carbocycles. The maximum absolute atomic E-state index is 12.8. The zero-order chi connectivity index (χ0) is 16.8. The fourth-order valence-corrected chi connectivity index (χ4v) is 2.92. The van der Waals surface area contributed by atoms with E-state index in [0.717, 1.165) is 11.1 Å². The molecule has 1 heterocycles. The van der Waals surface area contributed by atoms with E-state index in [0.29, 0.717) is 19.6 Å². The summed E-state index contributed by atoms with van der Waals surface area (Å²) >= 11 is 0. The van der Waals surface area contributed by atoms with Crippen LogP contribution in [0.1, 0.15) is 17.2 Å². The topological polar surface area (TPSA) is 61.4 Å². The minimum atomic E-state index is -0.457. The van der Waals surface area contributed by atoms with Crippen LogP contribution in [0.15, 0.2) is 60.7 Å². The molecule has 124 valence electrons. The largest absolute Gasteiger partial charge is 0.354 e. The third-order valence-corrected chi connectivity index (χ3v) is 4.11. The second-order valence-corrected chi connectivity index (χ2v) is 5.84. The Morgan fingerprint density at radius 3 is 2.42 bits per heavy atom. The molecule has 0 aromatic heterocycles. The van der Waals surface area contributed by atoms with Gasteiger partial charge in [-0.05, 0) is 11.1 Å². The van der Waals surface area contributed by atoms with E-state index in [1.807, 2.05) is 65.6 Å². The second-order valence-electron chi connectivity index (χ2n) is 5.84. The number of piperazine rings is 1. The summed E-state index contributed by atoms with van der Waals surface area (Å²) < 4.78 is 0. The van der Waals surface area contributed by atoms with Crippen LogP contribution in [-0.2, 0) is 16.1 Å². The number of carbonyl (C=O) groups excluding carboxylic acids is 2. The van der Waals surface area contributed by atoms with Gasteiger partial charge in [-0.25, -0.2) is 0 Å². The summed E-state index contributed by atoms with van der Waals surface area (Å²) in [5, 5.41) is 5.80. The molecule has 0 spiro atoms. The third kappa shape index (κ3) is 4.00. The van der Waals surface area contributed by atoms with Gasteiger partial charge in [0.1, 0.15) is 6.04 Å². The van der Waals surface area contributed by atoms with Crippen LogP contribution in [0.5, 0.6) is 0 Å². The van der Waals surface area contributed by atoms with Crippen LogP contribution in [0.3, 0.4) is 0 Å². The van der Waals surface area contributed by atoms with Crippen LogP contribution in [0, 0.1) is 0 Å². The number of nitrogens with one attached hydrogen (secondary N) is 2. The first-order valence-electron chi connectivity index (χ1n) is 8.11. The van der Waals surface area contributed by atoms with Gasteiger partial charge in [0.25, 0.3) is 0 Å². The van der Waals surface area contributed by atoms with E-state index >= 15 is 0 Å². The molecule has 1 atom stereocenters. The molecule has 0 radical (unpaired) electrons. The quantitative estimate of drug-likeness (QED) is 0.876. The zero-order valence-electron chi connectivity index (χ0n) is 13.4. The Hall–Kier alpha value is -2.66. The van der Waals surface area contributed by atoms with Crippen molar-refractivity contribution in [1.82, 2.24) is 15.5 Å². The van der Waals surface area contributed by atoms with Crippen LogP contribution < -0.4 is 10.6 Å². The van der Waals surface area contributed by atoms with Crippen molar-refractivity contribution in [3.8, 4) is 0 Å². The first kappa shape index (κ1) is 16.2. The predicted molar refractivity (Wildman–Crippen MR) is 92.1 cm³/mol. The molecule has 1 aliphatic heterocycles. The van der Waals surface area contributed by atoms with Gasteiger partial charge in [0.15, 0.2) is 0 Å². The lowest BCUT2D eigenvalue weighted by molar-refractivity contribution is -0.131. The van der Waals surface area contributed by atoms with Gasteiger partial charge in [-0.2, -0.15) is 0 Å². The van der Waals surface area contributed by atoms with Crippen molar-refractivity contribution in [3.05, 3.63) is 71.8 Å². The molecule has 0 bridgehead atoms. The van der Waals surface area contributed by atoms with Gasteiger partial charge < -0.3 is 10.6 Å². The van der Waals surface area contributed by atoms with E-state index in [1.54, 1.807) is 0 Å². The number of rotatable bonds is 5. The Morgan fingerprint density at radius 2 is 1.75 bits per heavy atom. The van der Waals surface area contributed by atoms with E-state index < -0.39 is 6.04 Å². The monoisotopic (exact) mass is 323 g/mol. The molecule has 1 fully saturated rings. The van der Waals surface area contributed by atoms with E-state index in [2.05, 4.69) is 10.6 Å². The van der Waals surface area contributed by atoms with Crippen molar-refractivity contribution >= 4 is 11.8 Å². The summed E-state index contributed by atoms with van der Waals surface area (Å²) in [7, 11) is 0. The van der Waals surface area contributed by atoms with Crippen LogP contribution in [0.25, 0.3) is 0 Å². The number of benzene rings is 2. The van der Waals surface area contributed by atoms with Crippen LogP contribution >= 0.6 is 0 Å². The molecule has 1 saturated heterocycles. The molecule has 5 heteroatoms. The third-order valence-electron chi connectivity index (χ3n) is 4.11. The van der Waals surface area contributed by atoms with Crippen molar-refractivity contribution < 1.29 is 9.59 Å². The lowest BCUT2D eigenvalue weighted by Crippen LogP contribution is -2.52. The Labute approximate surface area is 141 Å². The van der Waals surface area contributed by atoms with Gasteiger partial charge in [-0.15, -0.1) is 0 Å². The van der Waals surface area contributed by atoms with E-state index in [4.69, 9.17) is 0 Å². The van der Waals surface area contributed by atoms with Gasteiger partial charge in [-0.1, -0.05) is 60.7 Å². The lowest BCUT2D eigenvalue weighted by atomic mass is 10.0. The molecule has 2 N–H and O–H groups in total. The summed E-state index contributed by atoms with van der Waals surface area (Å²) in [5.74, 6) is -0.127. The molecule has 5 nitrogen and oxygen atoms in total. The Morgan fingerprint density at radius 1 is 1.08 bits per heavy atom. The van der Waals surface area contributed by atoms with Gasteiger partial charge in [0.2, 0.25) is 11.8 Å². The van der Waals surface area contributed by atoms with Crippen LogP contribution in [0.2, 0.25) is 0 Å². The summed E-state index contributed by atoms with van der Waals surface area (Å²) in [4.78, 5) is 26.5. The van der Waals surface area contributed by atoms with Crippen molar-refractivity contribution in [2.24, 2.45) is 0 Å². The standard InChI is InChI=1S/C19H21N3O2/c23-17-14-22(12-11-20-17)18(16-9-5-2-6-10-16)19(24)21-13-15-7-3-1-4-8-15/h1-10,18H,11-14H2,(H,20,23)(H,21,24)/t18-/m1/s1. The van der Waals surface area contributed by atoms with Crippen molar-refractivity contribution in [2.45, 2.75) is 12.6 Å². The minimum absolute atomic E-state index is 0.0435. The molecule has 2 amide bonds. The minimum Gasteiger partial charge on any atom is -0.354 e. The van der Waals surface area contributed by atoms with Crippen molar-refractivity contribution in [2.75, 3.05) is 19.6 Å². The van der Waals surface area contributed by atoms with Gasteiger partial charge >= 0.3 is 0 Å². The van der Waals surface area contributed by atoms with Crippen molar-refractivity contribution in [1.29, 1.82) is 0 Å². The molecule has 0 unspecified atom stereocenters. The number of nitrogens with zero attached hydrogens (tertiary/aromatic N) is 1. The average molecular weight is 323 g/mol. The zero-order valence-corrected chi connectivity index (χ0v) is 13.4. The van der Waals surface area contributed by atoms with Crippen molar-refractivity contribution in [3.63, 3.8) is 0 Å². The number of carbonyl (C=O) groups is 2. The molecule has 24 heavy (non-hydrogen) atoms. The molecule has 3 rings (SSSR count). The Bertz CT molecular complexity index is 688. The van der Waals surface area contributed by atoms with E-state index in [-0.39, 0.29) is 18.4 Å². The molecular weight excluding hydrogens is 302 g/mol. The molecular formula is C19H21N3O2. The fraction of sp³-hybridized carbons (Fsp3) is 0.263. The number of hydrogen-bond donors (Lipinski definition) is 2. The first-order chi connectivity index (χ1) is 11.7. The lowest BCUT2D eigenvalue weighted by Gasteiger charge is -2.33. The average Bonchev–Trinajstić information content (AvgIpc) is 2.62. The summed E-state index contributed by atoms with van der Waals surface area (Å²) in [5.41, 5.74) is 1.95. The molecule has 2 aromatic rings. The first-order valence-corrected chi connectivity index (χ1v) is 8.11. The predicted octanol–water partition coefficient (Wildman–Crippen LogP) is 1.48. The second kappa shape index (κ2) is 7.75. The SMILES string of the molecule is O=C1CN([C@@H](C(=O)NCc2ccccc2)c2ccccc2)CCN1. The molecule has 2 aromatic carbocycles. The Kier molecular flexibility index (Phi) is 5.23. The normalized spacial score (nSPS) is 16.2. The van der Waals surface area contributed by atoms with E-state index in [9.17, 15) is 9.59 Å². The number of amides is 2. The maximum Gasteiger partial charge on any atom is 0.242 e. The van der Waals surface area contributed by atoms with Crippen LogP contribution in [-0.4, -0.2) is 36.3 Å². The number of hydrogen-bond acceptors (Lipinski definition) is 3. The molecule has 0 aliphatic carbocycles. The van der Waals surface area contributed by atoms with Gasteiger partial charge in [-0.3, -0.25) is 14.5 Å². The smallest absolute Gasteiger partial charge is 0.242 e. The maximum atomic E-state index is 12.8. The summed E-state index contributed by atoms with van der Waals surface area (Å²) in [6.07, 6.45) is 0. The summed E-state index contributed by atoms with van der Waals surface area (Å²) in [6.45, 7) is 1.93. The Balaban J connectivity index is 1.76. The highest BCUT2D eigenvalue weighted by Gasteiger charge is 2.30. The van der Waals surface area contributed by atoms with Gasteiger partial charge in [0.05, 0.1) is 6.54 Å². The highest BCUT2D eigenvalue weighted by molar-refractivity contribution is 5.85. The van der Waals surface area contributed by atoms with Gasteiger partial charge in [0, 0.05) is 19.6 Å². The fourth-order valence-electron chi connectivity index (χ4n) is 2.92. The van der Waals surface area contributed by atoms with E-state index in [1.165, 1.54) is 0 Å². The van der Waals surface area contributed by atoms with Crippen LogP contribution in [0.4, 0.5) is 0 Å².